The molecule has 0 heterocycles. The zero-order chi connectivity index (χ0) is 9.84. The van der Waals surface area contributed by atoms with Crippen molar-refractivity contribution >= 4 is 12.6 Å². The molecule has 0 spiro atoms. The van der Waals surface area contributed by atoms with Crippen LogP contribution in [0.5, 0.6) is 0 Å². The molecule has 0 saturated heterocycles. The molecule has 0 amide bonds. The maximum atomic E-state index is 8.85. The minimum Gasteiger partial charge on any atom is -0.423 e. The molecule has 0 aliphatic heterocycles. The second kappa shape index (κ2) is 4.41. The van der Waals surface area contributed by atoms with E-state index < -0.39 is 7.12 Å². The zero-order valence-corrected chi connectivity index (χ0v) is 7.99. The summed E-state index contributed by atoms with van der Waals surface area (Å²) in [6.45, 7) is 0.946. The van der Waals surface area contributed by atoms with E-state index in [1.54, 1.807) is 12.1 Å². The normalized spacial score (nSPS) is 10.5. The molecule has 1 aromatic carbocycles. The largest absolute Gasteiger partial charge is 0.488 e. The Morgan fingerprint density at radius 3 is 2.08 bits per heavy atom. The number of benzene rings is 1. The Balaban J connectivity index is 2.70. The lowest BCUT2D eigenvalue weighted by Gasteiger charge is -2.07. The first-order valence-electron chi connectivity index (χ1n) is 4.33. The first-order valence-corrected chi connectivity index (χ1v) is 4.33. The van der Waals surface area contributed by atoms with E-state index in [0.717, 1.165) is 6.54 Å². The van der Waals surface area contributed by atoms with Crippen LogP contribution >= 0.6 is 0 Å². The second-order valence-electron chi connectivity index (χ2n) is 3.50. The monoisotopic (exact) mass is 180 g/mol. The van der Waals surface area contributed by atoms with E-state index in [0.29, 0.717) is 5.46 Å². The molecule has 0 unspecified atom stereocenters. The van der Waals surface area contributed by atoms with Gasteiger partial charge in [-0.1, -0.05) is 24.3 Å². The highest BCUT2D eigenvalue weighted by atomic mass is 16.4. The van der Waals surface area contributed by atoms with Crippen LogP contribution in [0.4, 0.5) is 0 Å². The van der Waals surface area contributed by atoms with Crippen molar-refractivity contribution in [3.63, 3.8) is 0 Å². The second-order valence-corrected chi connectivity index (χ2v) is 3.50. The molecule has 4 heteroatoms. The number of rotatable bonds is 3. The van der Waals surface area contributed by atoms with Gasteiger partial charge in [0.15, 0.2) is 0 Å². The van der Waals surface area contributed by atoms with Gasteiger partial charge in [-0.15, -0.1) is 0 Å². The molecule has 3 N–H and O–H groups in total. The summed E-state index contributed by atoms with van der Waals surface area (Å²) in [7, 11) is 2.80. The summed E-state index contributed by atoms with van der Waals surface area (Å²) in [6, 6.07) is 7.31. The van der Waals surface area contributed by atoms with Crippen molar-refractivity contribution in [2.45, 2.75) is 6.54 Å². The number of hydrogen-bond acceptors (Lipinski definition) is 2. The SMILES string of the molecule is C[NH+](C)Cc1ccc(B(O)O)cc1. The molecule has 0 aliphatic rings. The van der Waals surface area contributed by atoms with E-state index in [1.807, 2.05) is 12.1 Å². The van der Waals surface area contributed by atoms with Crippen LogP contribution in [-0.2, 0) is 6.54 Å². The van der Waals surface area contributed by atoms with Gasteiger partial charge in [-0.2, -0.15) is 0 Å². The number of quaternary nitrogens is 1. The van der Waals surface area contributed by atoms with Crippen LogP contribution in [0.25, 0.3) is 0 Å². The lowest BCUT2D eigenvalue weighted by molar-refractivity contribution is -0.872. The molecule has 0 fully saturated rings. The van der Waals surface area contributed by atoms with Gasteiger partial charge in [0.25, 0.3) is 0 Å². The molecule has 1 rings (SSSR count). The molecule has 0 aliphatic carbocycles. The first kappa shape index (κ1) is 10.2. The van der Waals surface area contributed by atoms with E-state index in [1.165, 1.54) is 10.5 Å². The third kappa shape index (κ3) is 3.18. The molecule has 3 nitrogen and oxygen atoms in total. The standard InChI is InChI=1S/C9H14BNO2/c1-11(2)7-8-3-5-9(6-4-8)10(12)13/h3-6,12-13H,7H2,1-2H3/p+1. The fourth-order valence-electron chi connectivity index (χ4n) is 1.22. The van der Waals surface area contributed by atoms with E-state index in [4.69, 9.17) is 10.0 Å². The first-order chi connectivity index (χ1) is 6.09. The van der Waals surface area contributed by atoms with Crippen LogP contribution in [0.15, 0.2) is 24.3 Å². The van der Waals surface area contributed by atoms with Crippen LogP contribution in [0.3, 0.4) is 0 Å². The zero-order valence-electron chi connectivity index (χ0n) is 7.99. The van der Waals surface area contributed by atoms with Crippen molar-refractivity contribution in [3.05, 3.63) is 29.8 Å². The van der Waals surface area contributed by atoms with Crippen molar-refractivity contribution in [2.24, 2.45) is 0 Å². The van der Waals surface area contributed by atoms with Gasteiger partial charge in [0.05, 0.1) is 14.1 Å². The molecule has 0 saturated carbocycles. The van der Waals surface area contributed by atoms with Gasteiger partial charge in [0.1, 0.15) is 6.54 Å². The highest BCUT2D eigenvalue weighted by Crippen LogP contribution is 1.94. The summed E-state index contributed by atoms with van der Waals surface area (Å²) in [6.07, 6.45) is 0. The Bertz CT molecular complexity index is 259. The third-order valence-electron chi connectivity index (χ3n) is 1.84. The van der Waals surface area contributed by atoms with Gasteiger partial charge in [0, 0.05) is 5.56 Å². The fraction of sp³-hybridized carbons (Fsp3) is 0.333. The molecular formula is C9H15BNO2+. The maximum Gasteiger partial charge on any atom is 0.488 e. The minimum absolute atomic E-state index is 0.539. The van der Waals surface area contributed by atoms with Crippen LogP contribution in [0.1, 0.15) is 5.56 Å². The van der Waals surface area contributed by atoms with Gasteiger partial charge in [-0.3, -0.25) is 0 Å². The lowest BCUT2D eigenvalue weighted by atomic mass is 9.80. The molecule has 0 aromatic heterocycles. The average molecular weight is 180 g/mol. The smallest absolute Gasteiger partial charge is 0.423 e. The number of hydrogen-bond donors (Lipinski definition) is 3. The van der Waals surface area contributed by atoms with Crippen LogP contribution < -0.4 is 10.4 Å². The summed E-state index contributed by atoms with van der Waals surface area (Å²) in [5.41, 5.74) is 1.74. The Morgan fingerprint density at radius 2 is 1.69 bits per heavy atom. The molecule has 1 aromatic rings. The van der Waals surface area contributed by atoms with Crippen molar-refractivity contribution in [1.29, 1.82) is 0 Å². The quantitative estimate of drug-likeness (QED) is 0.471. The van der Waals surface area contributed by atoms with Crippen LogP contribution in [-0.4, -0.2) is 31.3 Å². The van der Waals surface area contributed by atoms with Crippen LogP contribution in [0, 0.1) is 0 Å². The van der Waals surface area contributed by atoms with E-state index in [9.17, 15) is 0 Å². The minimum atomic E-state index is -1.36. The van der Waals surface area contributed by atoms with Gasteiger partial charge in [-0.05, 0) is 5.46 Å². The Hall–Kier alpha value is -0.835. The molecular weight excluding hydrogens is 165 g/mol. The molecule has 0 atom stereocenters. The summed E-state index contributed by atoms with van der Waals surface area (Å²) >= 11 is 0. The molecule has 0 radical (unpaired) electrons. The Labute approximate surface area is 78.8 Å². The van der Waals surface area contributed by atoms with Gasteiger partial charge in [0.2, 0.25) is 0 Å². The lowest BCUT2D eigenvalue weighted by Crippen LogP contribution is -3.04. The summed E-state index contributed by atoms with van der Waals surface area (Å²) < 4.78 is 0. The summed E-state index contributed by atoms with van der Waals surface area (Å²) in [5, 5.41) is 17.7. The average Bonchev–Trinajstić information content (AvgIpc) is 2.04. The van der Waals surface area contributed by atoms with Gasteiger partial charge < -0.3 is 14.9 Å². The van der Waals surface area contributed by atoms with Crippen LogP contribution in [0.2, 0.25) is 0 Å². The highest BCUT2D eigenvalue weighted by Gasteiger charge is 2.09. The van der Waals surface area contributed by atoms with Crippen molar-refractivity contribution in [3.8, 4) is 0 Å². The van der Waals surface area contributed by atoms with E-state index >= 15 is 0 Å². The summed E-state index contributed by atoms with van der Waals surface area (Å²) in [5.74, 6) is 0. The highest BCUT2D eigenvalue weighted by molar-refractivity contribution is 6.58. The Morgan fingerprint density at radius 1 is 1.15 bits per heavy atom. The topological polar surface area (TPSA) is 44.9 Å². The third-order valence-corrected chi connectivity index (χ3v) is 1.84. The molecule has 13 heavy (non-hydrogen) atoms. The predicted molar refractivity (Wildman–Crippen MR) is 52.8 cm³/mol. The Kier molecular flexibility index (Phi) is 3.48. The molecule has 70 valence electrons. The van der Waals surface area contributed by atoms with Gasteiger partial charge in [-0.25, -0.2) is 0 Å². The van der Waals surface area contributed by atoms with Gasteiger partial charge >= 0.3 is 7.12 Å². The van der Waals surface area contributed by atoms with E-state index in [2.05, 4.69) is 14.1 Å². The number of nitrogens with one attached hydrogen (secondary N) is 1. The molecule has 0 bridgehead atoms. The predicted octanol–water partition coefficient (Wildman–Crippen LogP) is -1.99. The summed E-state index contributed by atoms with van der Waals surface area (Å²) in [4.78, 5) is 1.34. The maximum absolute atomic E-state index is 8.85. The van der Waals surface area contributed by atoms with Crippen molar-refractivity contribution < 1.29 is 14.9 Å². The van der Waals surface area contributed by atoms with Crippen molar-refractivity contribution in [2.75, 3.05) is 14.1 Å². The fourth-order valence-corrected chi connectivity index (χ4v) is 1.22. The van der Waals surface area contributed by atoms with Crippen molar-refractivity contribution in [1.82, 2.24) is 0 Å². The van der Waals surface area contributed by atoms with E-state index in [-0.39, 0.29) is 0 Å².